The van der Waals surface area contributed by atoms with Crippen LogP contribution < -0.4 is 10.2 Å². The van der Waals surface area contributed by atoms with Gasteiger partial charge in [0.15, 0.2) is 0 Å². The van der Waals surface area contributed by atoms with E-state index in [1.165, 1.54) is 17.3 Å². The molecule has 1 aromatic carbocycles. The van der Waals surface area contributed by atoms with Crippen LogP contribution in [0, 0.1) is 11.3 Å². The molecular formula is C22H22Cl2N4O2S. The lowest BCUT2D eigenvalue weighted by molar-refractivity contribution is -0.113. The highest BCUT2D eigenvalue weighted by Crippen LogP contribution is 2.36. The van der Waals surface area contributed by atoms with Crippen LogP contribution >= 0.6 is 35.0 Å². The summed E-state index contributed by atoms with van der Waals surface area (Å²) in [4.78, 5) is 19.7. The van der Waals surface area contributed by atoms with Crippen molar-refractivity contribution in [2.24, 2.45) is 0 Å². The molecule has 1 aromatic heterocycles. The van der Waals surface area contributed by atoms with E-state index in [1.54, 1.807) is 18.2 Å². The maximum Gasteiger partial charge on any atom is 0.234 e. The molecule has 0 unspecified atom stereocenters. The minimum Gasteiger partial charge on any atom is -0.378 e. The van der Waals surface area contributed by atoms with Gasteiger partial charge >= 0.3 is 0 Å². The Labute approximate surface area is 195 Å². The zero-order chi connectivity index (χ0) is 21.8. The first kappa shape index (κ1) is 22.2. The fourth-order valence-corrected chi connectivity index (χ4v) is 5.20. The Hall–Kier alpha value is -1.98. The van der Waals surface area contributed by atoms with Crippen molar-refractivity contribution in [3.63, 3.8) is 0 Å². The number of nitrogens with one attached hydrogen (secondary N) is 1. The second-order valence-electron chi connectivity index (χ2n) is 7.45. The van der Waals surface area contributed by atoms with Gasteiger partial charge in [0.25, 0.3) is 0 Å². The van der Waals surface area contributed by atoms with Crippen molar-refractivity contribution in [2.45, 2.75) is 30.7 Å². The fraction of sp³-hybridized carbons (Fsp3) is 0.409. The minimum atomic E-state index is -0.217. The summed E-state index contributed by atoms with van der Waals surface area (Å²) in [5.74, 6) is 0.855. The summed E-state index contributed by atoms with van der Waals surface area (Å²) in [6, 6.07) is 7.27. The van der Waals surface area contributed by atoms with Crippen LogP contribution in [0.15, 0.2) is 23.2 Å². The van der Waals surface area contributed by atoms with E-state index < -0.39 is 0 Å². The summed E-state index contributed by atoms with van der Waals surface area (Å²) in [7, 11) is 0. The largest absolute Gasteiger partial charge is 0.378 e. The molecule has 0 radical (unpaired) electrons. The molecule has 4 rings (SSSR count). The molecule has 6 nitrogen and oxygen atoms in total. The number of aromatic nitrogens is 1. The zero-order valence-corrected chi connectivity index (χ0v) is 19.2. The molecular weight excluding hydrogens is 455 g/mol. The predicted molar refractivity (Wildman–Crippen MR) is 124 cm³/mol. The van der Waals surface area contributed by atoms with Gasteiger partial charge < -0.3 is 15.0 Å². The highest BCUT2D eigenvalue weighted by Gasteiger charge is 2.26. The van der Waals surface area contributed by atoms with Crippen LogP contribution in [-0.4, -0.2) is 42.9 Å². The van der Waals surface area contributed by atoms with E-state index in [0.29, 0.717) is 39.5 Å². The Morgan fingerprint density at radius 2 is 1.97 bits per heavy atom. The first-order chi connectivity index (χ1) is 15.1. The van der Waals surface area contributed by atoms with Gasteiger partial charge in [0.1, 0.15) is 16.9 Å². The Morgan fingerprint density at radius 3 is 2.68 bits per heavy atom. The quantitative estimate of drug-likeness (QED) is 0.629. The molecule has 1 aliphatic heterocycles. The maximum atomic E-state index is 12.5. The standard InChI is InChI=1S/C22H22Cl2N4O2S/c23-14-5-6-19(18(24)11-14)26-20(29)13-31-22-17(12-25)15-3-1-2-4-16(15)21(27-22)28-7-9-30-10-8-28/h5-6,11H,1-4,7-10,13H2,(H,26,29). The third-order valence-electron chi connectivity index (χ3n) is 5.43. The lowest BCUT2D eigenvalue weighted by Gasteiger charge is -2.32. The molecule has 9 heteroatoms. The number of nitriles is 1. The van der Waals surface area contributed by atoms with Crippen LogP contribution in [0.1, 0.15) is 29.5 Å². The van der Waals surface area contributed by atoms with Gasteiger partial charge in [-0.3, -0.25) is 4.79 Å². The van der Waals surface area contributed by atoms with E-state index in [1.807, 2.05) is 0 Å². The second-order valence-corrected chi connectivity index (χ2v) is 9.26. The predicted octanol–water partition coefficient (Wildman–Crippen LogP) is 4.71. The van der Waals surface area contributed by atoms with Crippen molar-refractivity contribution in [1.82, 2.24) is 4.98 Å². The number of hydrogen-bond acceptors (Lipinski definition) is 6. The Bertz CT molecular complexity index is 1040. The number of pyridine rings is 1. The van der Waals surface area contributed by atoms with Crippen LogP contribution in [0.3, 0.4) is 0 Å². The summed E-state index contributed by atoms with van der Waals surface area (Å²) in [5, 5.41) is 14.2. The van der Waals surface area contributed by atoms with Crippen LogP contribution in [0.25, 0.3) is 0 Å². The Morgan fingerprint density at radius 1 is 1.23 bits per heavy atom. The van der Waals surface area contributed by atoms with Crippen LogP contribution in [0.2, 0.25) is 10.0 Å². The number of carbonyl (C=O) groups is 1. The highest BCUT2D eigenvalue weighted by molar-refractivity contribution is 8.00. The van der Waals surface area contributed by atoms with Gasteiger partial charge in [0, 0.05) is 18.1 Å². The number of rotatable bonds is 5. The number of morpholine rings is 1. The number of thioether (sulfide) groups is 1. The molecule has 0 atom stereocenters. The topological polar surface area (TPSA) is 78.2 Å². The van der Waals surface area contributed by atoms with Crippen molar-refractivity contribution in [2.75, 3.05) is 42.3 Å². The lowest BCUT2D eigenvalue weighted by Crippen LogP contribution is -2.38. The molecule has 31 heavy (non-hydrogen) atoms. The summed E-state index contributed by atoms with van der Waals surface area (Å²) in [5.41, 5.74) is 3.39. The number of hydrogen-bond donors (Lipinski definition) is 1. The van der Waals surface area contributed by atoms with Gasteiger partial charge in [0.2, 0.25) is 5.91 Å². The average molecular weight is 477 g/mol. The number of anilines is 2. The van der Waals surface area contributed by atoms with Gasteiger partial charge in [-0.25, -0.2) is 4.98 Å². The number of halogens is 2. The summed E-state index contributed by atoms with van der Waals surface area (Å²) in [6.45, 7) is 2.91. The third-order valence-corrected chi connectivity index (χ3v) is 6.95. The molecule has 0 spiro atoms. The molecule has 0 saturated carbocycles. The number of fused-ring (bicyclic) bond motifs is 1. The van der Waals surface area contributed by atoms with Gasteiger partial charge in [-0.15, -0.1) is 0 Å². The SMILES string of the molecule is N#Cc1c(SCC(=O)Nc2ccc(Cl)cc2Cl)nc(N2CCOCC2)c2c1CCCC2. The van der Waals surface area contributed by atoms with Gasteiger partial charge in [0.05, 0.1) is 35.2 Å². The monoisotopic (exact) mass is 476 g/mol. The van der Waals surface area contributed by atoms with Crippen LogP contribution in [0.4, 0.5) is 11.5 Å². The molecule has 1 amide bonds. The van der Waals surface area contributed by atoms with Gasteiger partial charge in [-0.1, -0.05) is 35.0 Å². The smallest absolute Gasteiger partial charge is 0.234 e. The second kappa shape index (κ2) is 10.1. The summed E-state index contributed by atoms with van der Waals surface area (Å²) < 4.78 is 5.49. The first-order valence-corrected chi connectivity index (χ1v) is 12.0. The van der Waals surface area contributed by atoms with E-state index in [0.717, 1.165) is 50.2 Å². The highest BCUT2D eigenvalue weighted by atomic mass is 35.5. The number of nitrogens with zero attached hydrogens (tertiary/aromatic N) is 3. The van der Waals surface area contributed by atoms with E-state index in [2.05, 4.69) is 16.3 Å². The Balaban J connectivity index is 1.57. The number of ether oxygens (including phenoxy) is 1. The molecule has 162 valence electrons. The molecule has 1 fully saturated rings. The molecule has 1 saturated heterocycles. The first-order valence-electron chi connectivity index (χ1n) is 10.2. The van der Waals surface area contributed by atoms with E-state index >= 15 is 0 Å². The molecule has 2 heterocycles. The van der Waals surface area contributed by atoms with E-state index in [9.17, 15) is 10.1 Å². The van der Waals surface area contributed by atoms with Crippen molar-refractivity contribution >= 4 is 52.4 Å². The number of amides is 1. The van der Waals surface area contributed by atoms with Crippen molar-refractivity contribution in [1.29, 1.82) is 5.26 Å². The summed E-state index contributed by atoms with van der Waals surface area (Å²) in [6.07, 6.45) is 3.98. The maximum absolute atomic E-state index is 12.5. The molecule has 1 N–H and O–H groups in total. The average Bonchev–Trinajstić information content (AvgIpc) is 2.79. The van der Waals surface area contributed by atoms with Crippen LogP contribution in [0.5, 0.6) is 0 Å². The minimum absolute atomic E-state index is 0.127. The Kier molecular flexibility index (Phi) is 7.24. The van der Waals surface area contributed by atoms with Gasteiger partial charge in [-0.2, -0.15) is 5.26 Å². The molecule has 0 bridgehead atoms. The normalized spacial score (nSPS) is 15.8. The van der Waals surface area contributed by atoms with E-state index in [-0.39, 0.29) is 11.7 Å². The van der Waals surface area contributed by atoms with Gasteiger partial charge in [-0.05, 0) is 55.0 Å². The summed E-state index contributed by atoms with van der Waals surface area (Å²) >= 11 is 13.3. The van der Waals surface area contributed by atoms with Crippen LogP contribution in [-0.2, 0) is 22.4 Å². The van der Waals surface area contributed by atoms with E-state index in [4.69, 9.17) is 32.9 Å². The fourth-order valence-electron chi connectivity index (χ4n) is 3.94. The third kappa shape index (κ3) is 5.09. The molecule has 2 aliphatic rings. The lowest BCUT2D eigenvalue weighted by atomic mass is 9.89. The number of benzene rings is 1. The van der Waals surface area contributed by atoms with Crippen molar-refractivity contribution in [3.8, 4) is 6.07 Å². The van der Waals surface area contributed by atoms with Crippen molar-refractivity contribution < 1.29 is 9.53 Å². The van der Waals surface area contributed by atoms with Crippen molar-refractivity contribution in [3.05, 3.63) is 44.9 Å². The molecule has 2 aromatic rings. The molecule has 1 aliphatic carbocycles. The zero-order valence-electron chi connectivity index (χ0n) is 16.9. The number of carbonyl (C=O) groups excluding carboxylic acids is 1.